The van der Waals surface area contributed by atoms with Crippen LogP contribution in [0.1, 0.15) is 37.9 Å². The van der Waals surface area contributed by atoms with E-state index in [1.807, 2.05) is 10.8 Å². The van der Waals surface area contributed by atoms with Crippen molar-refractivity contribution in [3.05, 3.63) is 18.2 Å². The Kier molecular flexibility index (Phi) is 4.57. The first-order valence-electron chi connectivity index (χ1n) is 6.39. The Morgan fingerprint density at radius 3 is 3.00 bits per heavy atom. The molecule has 4 heteroatoms. The van der Waals surface area contributed by atoms with Crippen LogP contribution in [0.5, 0.6) is 0 Å². The van der Waals surface area contributed by atoms with Gasteiger partial charge in [0.25, 0.3) is 0 Å². The van der Waals surface area contributed by atoms with E-state index < -0.39 is 0 Å². The maximum atomic E-state index is 8.82. The summed E-state index contributed by atoms with van der Waals surface area (Å²) in [6.07, 6.45) is 9.66. The van der Waals surface area contributed by atoms with Gasteiger partial charge in [-0.25, -0.2) is 4.98 Å². The van der Waals surface area contributed by atoms with Crippen molar-refractivity contribution in [1.82, 2.24) is 9.55 Å². The highest BCUT2D eigenvalue weighted by atomic mass is 16.5. The van der Waals surface area contributed by atoms with Crippen LogP contribution in [0, 0.1) is 17.2 Å². The topological polar surface area (TPSA) is 50.8 Å². The Bertz CT molecular complexity index is 374. The van der Waals surface area contributed by atoms with Gasteiger partial charge in [-0.3, -0.25) is 0 Å². The molecule has 0 aliphatic carbocycles. The minimum absolute atomic E-state index is 0.524. The van der Waals surface area contributed by atoms with Gasteiger partial charge in [-0.1, -0.05) is 12.8 Å². The molecule has 0 aromatic carbocycles. The molecule has 0 amide bonds. The van der Waals surface area contributed by atoms with Gasteiger partial charge in [-0.05, 0) is 25.2 Å². The van der Waals surface area contributed by atoms with Crippen molar-refractivity contribution in [2.75, 3.05) is 13.2 Å². The van der Waals surface area contributed by atoms with Crippen molar-refractivity contribution < 1.29 is 4.74 Å². The first-order valence-corrected chi connectivity index (χ1v) is 6.39. The van der Waals surface area contributed by atoms with Crippen LogP contribution in [0.15, 0.2) is 12.4 Å². The fourth-order valence-corrected chi connectivity index (χ4v) is 2.35. The summed E-state index contributed by atoms with van der Waals surface area (Å²) in [4.78, 5) is 3.99. The van der Waals surface area contributed by atoms with Crippen molar-refractivity contribution in [2.45, 2.75) is 38.6 Å². The highest BCUT2D eigenvalue weighted by molar-refractivity contribution is 5.10. The SMILES string of the molecule is N#Cc1nccn1CCCCC1CCOCC1. The number of hydrogen-bond donors (Lipinski definition) is 0. The van der Waals surface area contributed by atoms with Gasteiger partial charge in [-0.2, -0.15) is 5.26 Å². The molecule has 1 aliphatic rings. The van der Waals surface area contributed by atoms with E-state index in [9.17, 15) is 0 Å². The van der Waals surface area contributed by atoms with E-state index in [1.54, 1.807) is 6.20 Å². The molecule has 1 fully saturated rings. The smallest absolute Gasteiger partial charge is 0.212 e. The lowest BCUT2D eigenvalue weighted by molar-refractivity contribution is 0.0630. The number of rotatable bonds is 5. The Morgan fingerprint density at radius 1 is 1.41 bits per heavy atom. The predicted octanol–water partition coefficient (Wildman–Crippen LogP) is 2.35. The third kappa shape index (κ3) is 3.57. The maximum absolute atomic E-state index is 8.82. The first-order chi connectivity index (χ1) is 8.40. The lowest BCUT2D eigenvalue weighted by Gasteiger charge is -2.21. The molecule has 1 aliphatic heterocycles. The van der Waals surface area contributed by atoms with Crippen molar-refractivity contribution in [3.8, 4) is 6.07 Å². The lowest BCUT2D eigenvalue weighted by atomic mass is 9.94. The van der Waals surface area contributed by atoms with Crippen molar-refractivity contribution >= 4 is 0 Å². The highest BCUT2D eigenvalue weighted by Gasteiger charge is 2.12. The molecule has 0 saturated carbocycles. The van der Waals surface area contributed by atoms with E-state index in [-0.39, 0.29) is 0 Å². The average molecular weight is 233 g/mol. The standard InChI is InChI=1S/C13H19N3O/c14-11-13-15-6-8-16(13)7-2-1-3-12-4-9-17-10-5-12/h6,8,12H,1-5,7,9-10H2. The summed E-state index contributed by atoms with van der Waals surface area (Å²) < 4.78 is 7.28. The van der Waals surface area contributed by atoms with Crippen molar-refractivity contribution in [1.29, 1.82) is 5.26 Å². The average Bonchev–Trinajstić information content (AvgIpc) is 2.83. The molecule has 17 heavy (non-hydrogen) atoms. The summed E-state index contributed by atoms with van der Waals surface area (Å²) in [5.74, 6) is 1.37. The van der Waals surface area contributed by atoms with Crippen LogP contribution >= 0.6 is 0 Å². The third-order valence-corrected chi connectivity index (χ3v) is 3.42. The number of hydrogen-bond acceptors (Lipinski definition) is 3. The summed E-state index contributed by atoms with van der Waals surface area (Å²) in [6.45, 7) is 2.78. The lowest BCUT2D eigenvalue weighted by Crippen LogP contribution is -2.15. The molecule has 0 N–H and O–H groups in total. The molecule has 1 aromatic heterocycles. The van der Waals surface area contributed by atoms with Gasteiger partial charge in [0, 0.05) is 32.2 Å². The minimum Gasteiger partial charge on any atom is -0.381 e. The fourth-order valence-electron chi connectivity index (χ4n) is 2.35. The second-order valence-electron chi connectivity index (χ2n) is 4.61. The largest absolute Gasteiger partial charge is 0.381 e. The second-order valence-corrected chi connectivity index (χ2v) is 4.61. The number of aryl methyl sites for hydroxylation is 1. The third-order valence-electron chi connectivity index (χ3n) is 3.42. The van der Waals surface area contributed by atoms with E-state index in [1.165, 1.54) is 25.7 Å². The highest BCUT2D eigenvalue weighted by Crippen LogP contribution is 2.20. The van der Waals surface area contributed by atoms with Crippen LogP contribution < -0.4 is 0 Å². The number of imidazole rings is 1. The molecule has 0 bridgehead atoms. The van der Waals surface area contributed by atoms with Crippen LogP contribution in [0.3, 0.4) is 0 Å². The van der Waals surface area contributed by atoms with Crippen LogP contribution in [0.2, 0.25) is 0 Å². The molecule has 1 aromatic rings. The van der Waals surface area contributed by atoms with Gasteiger partial charge in [0.1, 0.15) is 6.07 Å². The number of nitrogens with zero attached hydrogens (tertiary/aromatic N) is 3. The summed E-state index contributed by atoms with van der Waals surface area (Å²) in [5, 5.41) is 8.82. The summed E-state index contributed by atoms with van der Waals surface area (Å²) in [6, 6.07) is 2.10. The van der Waals surface area contributed by atoms with Crippen LogP contribution in [0.4, 0.5) is 0 Å². The van der Waals surface area contributed by atoms with E-state index in [2.05, 4.69) is 11.1 Å². The summed E-state index contributed by atoms with van der Waals surface area (Å²) in [7, 11) is 0. The van der Waals surface area contributed by atoms with Crippen LogP contribution in [0.25, 0.3) is 0 Å². The van der Waals surface area contributed by atoms with E-state index >= 15 is 0 Å². The minimum atomic E-state index is 0.524. The Labute approximate surface area is 102 Å². The van der Waals surface area contributed by atoms with Gasteiger partial charge in [-0.15, -0.1) is 0 Å². The fraction of sp³-hybridized carbons (Fsp3) is 0.692. The molecule has 0 spiro atoms. The van der Waals surface area contributed by atoms with E-state index in [0.29, 0.717) is 5.82 Å². The number of unbranched alkanes of at least 4 members (excludes halogenated alkanes) is 1. The van der Waals surface area contributed by atoms with Gasteiger partial charge in [0.15, 0.2) is 0 Å². The molecule has 1 saturated heterocycles. The second kappa shape index (κ2) is 6.41. The molecule has 0 atom stereocenters. The van der Waals surface area contributed by atoms with Crippen LogP contribution in [-0.4, -0.2) is 22.8 Å². The summed E-state index contributed by atoms with van der Waals surface area (Å²) >= 11 is 0. The van der Waals surface area contributed by atoms with Crippen molar-refractivity contribution in [3.63, 3.8) is 0 Å². The van der Waals surface area contributed by atoms with Crippen molar-refractivity contribution in [2.24, 2.45) is 5.92 Å². The monoisotopic (exact) mass is 233 g/mol. The van der Waals surface area contributed by atoms with E-state index in [0.717, 1.165) is 32.1 Å². The van der Waals surface area contributed by atoms with E-state index in [4.69, 9.17) is 10.00 Å². The zero-order valence-electron chi connectivity index (χ0n) is 10.1. The molecule has 0 unspecified atom stereocenters. The predicted molar refractivity (Wildman–Crippen MR) is 64.3 cm³/mol. The Morgan fingerprint density at radius 2 is 2.24 bits per heavy atom. The number of nitriles is 1. The molecular formula is C13H19N3O. The van der Waals surface area contributed by atoms with Crippen LogP contribution in [-0.2, 0) is 11.3 Å². The molecule has 2 rings (SSSR count). The zero-order valence-corrected chi connectivity index (χ0v) is 10.1. The quantitative estimate of drug-likeness (QED) is 0.733. The summed E-state index contributed by atoms with van der Waals surface area (Å²) in [5.41, 5.74) is 0. The zero-order chi connectivity index (χ0) is 11.9. The number of aromatic nitrogens is 2. The normalized spacial score (nSPS) is 16.9. The number of ether oxygens (including phenoxy) is 1. The van der Waals surface area contributed by atoms with Gasteiger partial charge in [0.05, 0.1) is 0 Å². The molecular weight excluding hydrogens is 214 g/mol. The first kappa shape index (κ1) is 12.1. The maximum Gasteiger partial charge on any atom is 0.212 e. The van der Waals surface area contributed by atoms with Gasteiger partial charge >= 0.3 is 0 Å². The Balaban J connectivity index is 1.64. The molecule has 2 heterocycles. The van der Waals surface area contributed by atoms with Gasteiger partial charge in [0.2, 0.25) is 5.82 Å². The van der Waals surface area contributed by atoms with Gasteiger partial charge < -0.3 is 9.30 Å². The Hall–Kier alpha value is -1.34. The molecule has 92 valence electrons. The molecule has 4 nitrogen and oxygen atoms in total. The molecule has 0 radical (unpaired) electrons.